The first-order chi connectivity index (χ1) is 15.5. The van der Waals surface area contributed by atoms with E-state index in [1.165, 1.54) is 34.8 Å². The fourth-order valence-electron chi connectivity index (χ4n) is 3.26. The third kappa shape index (κ3) is 3.93. The Balaban J connectivity index is 1.58. The average Bonchev–Trinajstić information content (AvgIpc) is 3.40. The SMILES string of the molecule is O=C(c1cc2cc([N+](=O)[O-])ccc2s1)N(Cc1ccccn1)c1nc2ccc(Cl)cc2s1. The van der Waals surface area contributed by atoms with Gasteiger partial charge < -0.3 is 0 Å². The maximum Gasteiger partial charge on any atom is 0.270 e. The molecule has 5 aromatic rings. The number of pyridine rings is 1. The minimum Gasteiger partial charge on any atom is -0.277 e. The fraction of sp³-hybridized carbons (Fsp3) is 0.0455. The molecule has 5 rings (SSSR count). The molecule has 10 heteroatoms. The van der Waals surface area contributed by atoms with E-state index >= 15 is 0 Å². The number of anilines is 1. The van der Waals surface area contributed by atoms with E-state index in [1.54, 1.807) is 29.3 Å². The van der Waals surface area contributed by atoms with Crippen LogP contribution in [0.15, 0.2) is 66.9 Å². The molecule has 0 aliphatic carbocycles. The number of hydrogen-bond acceptors (Lipinski definition) is 7. The third-order valence-corrected chi connectivity index (χ3v) is 7.16. The summed E-state index contributed by atoms with van der Waals surface area (Å²) in [4.78, 5) is 35.3. The lowest BCUT2D eigenvalue weighted by Gasteiger charge is -2.18. The minimum atomic E-state index is -0.446. The van der Waals surface area contributed by atoms with Crippen molar-refractivity contribution in [3.05, 3.63) is 92.6 Å². The van der Waals surface area contributed by atoms with Crippen LogP contribution in [0.2, 0.25) is 5.02 Å². The van der Waals surface area contributed by atoms with Crippen LogP contribution in [0.5, 0.6) is 0 Å². The number of halogens is 1. The molecule has 0 saturated heterocycles. The summed E-state index contributed by atoms with van der Waals surface area (Å²) in [7, 11) is 0. The summed E-state index contributed by atoms with van der Waals surface area (Å²) < 4.78 is 1.67. The van der Waals surface area contributed by atoms with E-state index < -0.39 is 4.92 Å². The molecule has 0 radical (unpaired) electrons. The van der Waals surface area contributed by atoms with Gasteiger partial charge in [0.05, 0.1) is 32.3 Å². The molecule has 3 heterocycles. The fourth-order valence-corrected chi connectivity index (χ4v) is 5.50. The Hall–Kier alpha value is -3.40. The van der Waals surface area contributed by atoms with Gasteiger partial charge in [-0.05, 0) is 42.5 Å². The van der Waals surface area contributed by atoms with Crippen molar-refractivity contribution >= 4 is 71.3 Å². The molecule has 0 fully saturated rings. The Kier molecular flexibility index (Phi) is 5.30. The topological polar surface area (TPSA) is 89.2 Å². The Morgan fingerprint density at radius 1 is 1.06 bits per heavy atom. The van der Waals surface area contributed by atoms with Gasteiger partial charge >= 0.3 is 0 Å². The summed E-state index contributed by atoms with van der Waals surface area (Å²) in [5, 5.41) is 12.9. The maximum atomic E-state index is 13.6. The average molecular weight is 481 g/mol. The number of nitro benzene ring substituents is 1. The zero-order valence-electron chi connectivity index (χ0n) is 16.3. The highest BCUT2D eigenvalue weighted by Crippen LogP contribution is 2.35. The second-order valence-electron chi connectivity index (χ2n) is 6.91. The standard InChI is InChI=1S/C22H13ClN4O3S2/c23-14-4-6-17-19(11-14)32-22(25-17)26(12-15-3-1-2-8-24-15)21(28)20-10-13-9-16(27(29)30)5-7-18(13)31-20/h1-11H,12H2. The summed E-state index contributed by atoms with van der Waals surface area (Å²) in [6, 6.07) is 17.2. The number of aromatic nitrogens is 2. The van der Waals surface area contributed by atoms with Gasteiger partial charge in [0.1, 0.15) is 0 Å². The Bertz CT molecular complexity index is 1480. The van der Waals surface area contributed by atoms with Gasteiger partial charge in [-0.15, -0.1) is 11.3 Å². The molecule has 7 nitrogen and oxygen atoms in total. The maximum absolute atomic E-state index is 13.6. The Labute approximate surface area is 194 Å². The molecule has 158 valence electrons. The number of thiophene rings is 1. The number of thiazole rings is 1. The number of carbonyl (C=O) groups excluding carboxylic acids is 1. The lowest BCUT2D eigenvalue weighted by molar-refractivity contribution is -0.384. The van der Waals surface area contributed by atoms with Gasteiger partial charge in [-0.3, -0.25) is 24.8 Å². The van der Waals surface area contributed by atoms with Crippen LogP contribution in [-0.4, -0.2) is 20.8 Å². The van der Waals surface area contributed by atoms with Crippen molar-refractivity contribution in [3.63, 3.8) is 0 Å². The van der Waals surface area contributed by atoms with Crippen molar-refractivity contribution < 1.29 is 9.72 Å². The highest BCUT2D eigenvalue weighted by atomic mass is 35.5. The van der Waals surface area contributed by atoms with Crippen LogP contribution in [0, 0.1) is 10.1 Å². The number of non-ortho nitro benzene ring substituents is 1. The molecule has 32 heavy (non-hydrogen) atoms. The summed E-state index contributed by atoms with van der Waals surface area (Å²) in [6.45, 7) is 0.238. The molecule has 0 N–H and O–H groups in total. The van der Waals surface area contributed by atoms with E-state index in [1.807, 2.05) is 30.3 Å². The van der Waals surface area contributed by atoms with Crippen LogP contribution in [0.1, 0.15) is 15.4 Å². The number of hydrogen-bond donors (Lipinski definition) is 0. The van der Waals surface area contributed by atoms with E-state index in [4.69, 9.17) is 11.6 Å². The van der Waals surface area contributed by atoms with Crippen molar-refractivity contribution in [3.8, 4) is 0 Å². The predicted octanol–water partition coefficient (Wildman–Crippen LogP) is 6.31. The van der Waals surface area contributed by atoms with Crippen molar-refractivity contribution in [2.24, 2.45) is 0 Å². The predicted molar refractivity (Wildman–Crippen MR) is 128 cm³/mol. The van der Waals surface area contributed by atoms with E-state index in [-0.39, 0.29) is 18.1 Å². The summed E-state index contributed by atoms with van der Waals surface area (Å²) in [6.07, 6.45) is 1.68. The molecule has 2 aromatic carbocycles. The number of nitrogens with zero attached hydrogens (tertiary/aromatic N) is 4. The monoisotopic (exact) mass is 480 g/mol. The van der Waals surface area contributed by atoms with Crippen LogP contribution < -0.4 is 4.90 Å². The van der Waals surface area contributed by atoms with E-state index in [9.17, 15) is 14.9 Å². The highest BCUT2D eigenvalue weighted by molar-refractivity contribution is 7.23. The Morgan fingerprint density at radius 3 is 2.72 bits per heavy atom. The van der Waals surface area contributed by atoms with Crippen molar-refractivity contribution in [1.29, 1.82) is 0 Å². The van der Waals surface area contributed by atoms with Gasteiger partial charge in [-0.1, -0.05) is 29.0 Å². The quantitative estimate of drug-likeness (QED) is 0.217. The van der Waals surface area contributed by atoms with E-state index in [0.717, 1.165) is 20.6 Å². The number of rotatable bonds is 5. The zero-order chi connectivity index (χ0) is 22.2. The molecule has 0 aliphatic rings. The van der Waals surface area contributed by atoms with E-state index in [2.05, 4.69) is 9.97 Å². The smallest absolute Gasteiger partial charge is 0.270 e. The Morgan fingerprint density at radius 2 is 1.94 bits per heavy atom. The molecule has 3 aromatic heterocycles. The molecule has 0 atom stereocenters. The molecule has 0 bridgehead atoms. The number of amides is 1. The van der Waals surface area contributed by atoms with Gasteiger partial charge in [-0.25, -0.2) is 4.98 Å². The zero-order valence-corrected chi connectivity index (χ0v) is 18.7. The summed E-state index contributed by atoms with van der Waals surface area (Å²) in [5.41, 5.74) is 1.46. The van der Waals surface area contributed by atoms with Crippen LogP contribution >= 0.6 is 34.3 Å². The largest absolute Gasteiger partial charge is 0.277 e. The molecule has 0 spiro atoms. The van der Waals surface area contributed by atoms with Gasteiger partial charge in [0.25, 0.3) is 11.6 Å². The third-order valence-electron chi connectivity index (χ3n) is 4.78. The van der Waals surface area contributed by atoms with Crippen LogP contribution in [-0.2, 0) is 6.54 Å². The molecule has 1 amide bonds. The number of nitro groups is 1. The second kappa shape index (κ2) is 8.27. The summed E-state index contributed by atoms with van der Waals surface area (Å²) in [5.74, 6) is -0.246. The molecular formula is C22H13ClN4O3S2. The molecule has 0 saturated carbocycles. The number of fused-ring (bicyclic) bond motifs is 2. The van der Waals surface area contributed by atoms with Gasteiger partial charge in [-0.2, -0.15) is 0 Å². The van der Waals surface area contributed by atoms with E-state index in [0.29, 0.717) is 20.4 Å². The molecular weight excluding hydrogens is 468 g/mol. The van der Waals surface area contributed by atoms with Crippen LogP contribution in [0.4, 0.5) is 10.8 Å². The lowest BCUT2D eigenvalue weighted by atomic mass is 10.2. The first-order valence-corrected chi connectivity index (χ1v) is 11.4. The number of benzene rings is 2. The first-order valence-electron chi connectivity index (χ1n) is 9.44. The van der Waals surface area contributed by atoms with Crippen LogP contribution in [0.3, 0.4) is 0 Å². The van der Waals surface area contributed by atoms with Gasteiger partial charge in [0.2, 0.25) is 0 Å². The van der Waals surface area contributed by atoms with Crippen molar-refractivity contribution in [1.82, 2.24) is 9.97 Å². The van der Waals surface area contributed by atoms with Crippen molar-refractivity contribution in [2.75, 3.05) is 4.90 Å². The normalized spacial score (nSPS) is 11.2. The van der Waals surface area contributed by atoms with Crippen molar-refractivity contribution in [2.45, 2.75) is 6.54 Å². The summed E-state index contributed by atoms with van der Waals surface area (Å²) >= 11 is 8.78. The number of carbonyl (C=O) groups is 1. The highest BCUT2D eigenvalue weighted by Gasteiger charge is 2.24. The lowest BCUT2D eigenvalue weighted by Crippen LogP contribution is -2.30. The van der Waals surface area contributed by atoms with Gasteiger partial charge in [0, 0.05) is 33.4 Å². The molecule has 0 aliphatic heterocycles. The minimum absolute atomic E-state index is 0.0114. The van der Waals surface area contributed by atoms with Crippen LogP contribution in [0.25, 0.3) is 20.3 Å². The first kappa shape index (κ1) is 20.5. The molecule has 0 unspecified atom stereocenters. The van der Waals surface area contributed by atoms with Gasteiger partial charge in [0.15, 0.2) is 5.13 Å². The second-order valence-corrected chi connectivity index (χ2v) is 9.44.